The predicted octanol–water partition coefficient (Wildman–Crippen LogP) is 0.929. The van der Waals surface area contributed by atoms with Crippen molar-refractivity contribution < 1.29 is 28.5 Å². The van der Waals surface area contributed by atoms with Gasteiger partial charge in [0.15, 0.2) is 12.4 Å². The maximum absolute atomic E-state index is 11.6. The Balaban J connectivity index is 1.91. The summed E-state index contributed by atoms with van der Waals surface area (Å²) in [4.78, 5) is 36.6. The minimum Gasteiger partial charge on any atom is -0.484 e. The maximum atomic E-state index is 11.6. The number of rotatable bonds is 8. The first-order chi connectivity index (χ1) is 12.8. The molecule has 27 heavy (non-hydrogen) atoms. The third-order valence-electron chi connectivity index (χ3n) is 2.94. The van der Waals surface area contributed by atoms with E-state index in [0.29, 0.717) is 11.3 Å². The van der Waals surface area contributed by atoms with Gasteiger partial charge < -0.3 is 25.5 Å². The Morgan fingerprint density at radius 3 is 2.48 bits per heavy atom. The highest BCUT2D eigenvalue weighted by atomic mass is 16.7. The summed E-state index contributed by atoms with van der Waals surface area (Å²) >= 11 is 0. The Morgan fingerprint density at radius 1 is 1.19 bits per heavy atom. The number of nitrogens with zero attached hydrogens (tertiary/aromatic N) is 2. The molecule has 0 unspecified atom stereocenters. The fourth-order valence-electron chi connectivity index (χ4n) is 1.73. The molecule has 1 aromatic heterocycles. The molecule has 11 heteroatoms. The summed E-state index contributed by atoms with van der Waals surface area (Å²) in [6.45, 7) is -0.258. The molecule has 0 saturated heterocycles. The van der Waals surface area contributed by atoms with Crippen LogP contribution in [0.1, 0.15) is 11.3 Å². The van der Waals surface area contributed by atoms with Gasteiger partial charge in [-0.2, -0.15) is 0 Å². The number of primary amides is 1. The number of amides is 1. The first-order valence-corrected chi connectivity index (χ1v) is 7.33. The molecule has 2 aromatic rings. The molecule has 0 aliphatic rings. The molecule has 0 fully saturated rings. The van der Waals surface area contributed by atoms with Gasteiger partial charge in [0, 0.05) is 11.6 Å². The fourth-order valence-corrected chi connectivity index (χ4v) is 1.73. The summed E-state index contributed by atoms with van der Waals surface area (Å²) in [5.74, 6) is -1.50. The lowest BCUT2D eigenvalue weighted by Gasteiger charge is -2.04. The van der Waals surface area contributed by atoms with Crippen LogP contribution in [0.2, 0.25) is 0 Å². The molecule has 1 heterocycles. The van der Waals surface area contributed by atoms with Crippen LogP contribution in [0.4, 0.5) is 5.88 Å². The van der Waals surface area contributed by atoms with Gasteiger partial charge in [0.1, 0.15) is 16.4 Å². The van der Waals surface area contributed by atoms with Gasteiger partial charge in [-0.05, 0) is 36.4 Å². The van der Waals surface area contributed by atoms with Gasteiger partial charge in [-0.15, -0.1) is 0 Å². The second-order valence-electron chi connectivity index (χ2n) is 4.93. The zero-order chi connectivity index (χ0) is 19.8. The molecule has 0 bridgehead atoms. The number of carbonyl (C=O) groups is 2. The molecule has 1 amide bonds. The lowest BCUT2D eigenvalue weighted by atomic mass is 10.2. The second-order valence-corrected chi connectivity index (χ2v) is 4.93. The third-order valence-corrected chi connectivity index (χ3v) is 2.94. The van der Waals surface area contributed by atoms with Gasteiger partial charge in [0.05, 0.1) is 6.07 Å². The summed E-state index contributed by atoms with van der Waals surface area (Å²) in [6, 6.07) is 8.62. The van der Waals surface area contributed by atoms with E-state index >= 15 is 0 Å². The van der Waals surface area contributed by atoms with Gasteiger partial charge in [0.25, 0.3) is 5.91 Å². The van der Waals surface area contributed by atoms with Crippen molar-refractivity contribution in [3.8, 4) is 5.75 Å². The van der Waals surface area contributed by atoms with E-state index in [2.05, 4.69) is 9.99 Å². The molecule has 0 spiro atoms. The summed E-state index contributed by atoms with van der Waals surface area (Å²) < 4.78 is 9.93. The number of hydrogen-bond acceptors (Lipinski definition) is 8. The van der Waals surface area contributed by atoms with Crippen LogP contribution in [0.5, 0.6) is 5.75 Å². The molecule has 0 atom stereocenters. The Labute approximate surface area is 152 Å². The normalized spacial score (nSPS) is 11.3. The average Bonchev–Trinajstić information content (AvgIpc) is 3.12. The average molecular weight is 374 g/mol. The molecule has 4 N–H and O–H groups in total. The van der Waals surface area contributed by atoms with Crippen LogP contribution in [-0.4, -0.2) is 29.2 Å². The van der Waals surface area contributed by atoms with E-state index in [-0.39, 0.29) is 18.2 Å². The molecular weight excluding hydrogens is 360 g/mol. The highest BCUT2D eigenvalue weighted by Gasteiger charge is 2.10. The number of oxime groups is 1. The minimum atomic E-state index is -0.863. The Kier molecular flexibility index (Phi) is 6.25. The van der Waals surface area contributed by atoms with Crippen LogP contribution in [0.15, 0.2) is 52.0 Å². The lowest BCUT2D eigenvalue weighted by molar-refractivity contribution is -0.402. The van der Waals surface area contributed by atoms with Crippen LogP contribution < -0.4 is 16.2 Å². The molecule has 2 rings (SSSR count). The Hall–Kier alpha value is -4.15. The minimum absolute atomic E-state index is 0.0770. The Bertz CT molecular complexity index is 900. The molecule has 0 aliphatic heterocycles. The zero-order valence-electron chi connectivity index (χ0n) is 13.7. The molecule has 140 valence electrons. The van der Waals surface area contributed by atoms with E-state index in [4.69, 9.17) is 20.6 Å². The fraction of sp³-hybridized carbons (Fsp3) is 0.0625. The van der Waals surface area contributed by atoms with Crippen LogP contribution >= 0.6 is 0 Å². The van der Waals surface area contributed by atoms with E-state index in [0.717, 1.165) is 12.1 Å². The van der Waals surface area contributed by atoms with Crippen molar-refractivity contribution in [3.63, 3.8) is 0 Å². The summed E-state index contributed by atoms with van der Waals surface area (Å²) in [5.41, 5.74) is 11.1. The van der Waals surface area contributed by atoms with Crippen molar-refractivity contribution in [1.29, 1.82) is 0 Å². The van der Waals surface area contributed by atoms with Crippen molar-refractivity contribution in [3.05, 3.63) is 63.9 Å². The van der Waals surface area contributed by atoms with E-state index in [1.807, 2.05) is 0 Å². The molecule has 0 saturated carbocycles. The molecular formula is C16H14N4O7. The highest BCUT2D eigenvalue weighted by molar-refractivity contribution is 5.98. The number of ether oxygens (including phenoxy) is 1. The summed E-state index contributed by atoms with van der Waals surface area (Å²) in [6.07, 6.45) is 2.16. The van der Waals surface area contributed by atoms with E-state index in [9.17, 15) is 19.7 Å². The monoisotopic (exact) mass is 374 g/mol. The zero-order valence-corrected chi connectivity index (χ0v) is 13.7. The number of hydrogen-bond donors (Lipinski definition) is 2. The smallest absolute Gasteiger partial charge is 0.433 e. The SMILES string of the molecule is NC(=O)COc1ccc(/C(N)=N/OC(=O)/C=C/c2ccc([N+](=O)[O-])o2)cc1. The Morgan fingerprint density at radius 2 is 1.89 bits per heavy atom. The standard InChI is InChI=1S/C16H14N4O7/c17-13(21)9-25-11-3-1-10(2-4-11)16(18)19-27-15(22)8-6-12-5-7-14(26-12)20(23)24/h1-8H,9H2,(H2,17,21)(H2,18,19)/b8-6+. The first kappa shape index (κ1) is 19.2. The van der Waals surface area contributed by atoms with E-state index in [1.54, 1.807) is 12.1 Å². The van der Waals surface area contributed by atoms with Gasteiger partial charge in [0.2, 0.25) is 0 Å². The molecule has 0 radical (unpaired) electrons. The van der Waals surface area contributed by atoms with E-state index < -0.39 is 22.7 Å². The third kappa shape index (κ3) is 6.01. The van der Waals surface area contributed by atoms with Crippen molar-refractivity contribution in [1.82, 2.24) is 0 Å². The van der Waals surface area contributed by atoms with Crippen molar-refractivity contribution >= 4 is 29.7 Å². The highest BCUT2D eigenvalue weighted by Crippen LogP contribution is 2.16. The van der Waals surface area contributed by atoms with Gasteiger partial charge in [-0.25, -0.2) is 4.79 Å². The molecule has 11 nitrogen and oxygen atoms in total. The quantitative estimate of drug-likeness (QED) is 0.171. The van der Waals surface area contributed by atoms with Crippen molar-refractivity contribution in [2.45, 2.75) is 0 Å². The molecule has 1 aromatic carbocycles. The maximum Gasteiger partial charge on any atom is 0.433 e. The van der Waals surface area contributed by atoms with Crippen LogP contribution in [-0.2, 0) is 14.4 Å². The number of carbonyl (C=O) groups excluding carboxylic acids is 2. The van der Waals surface area contributed by atoms with Gasteiger partial charge >= 0.3 is 11.9 Å². The summed E-state index contributed by atoms with van der Waals surface area (Å²) in [7, 11) is 0. The van der Waals surface area contributed by atoms with Crippen LogP contribution in [0, 0.1) is 10.1 Å². The van der Waals surface area contributed by atoms with E-state index in [1.165, 1.54) is 24.3 Å². The van der Waals surface area contributed by atoms with Gasteiger partial charge in [-0.3, -0.25) is 14.9 Å². The predicted molar refractivity (Wildman–Crippen MR) is 92.3 cm³/mol. The second kappa shape index (κ2) is 8.80. The largest absolute Gasteiger partial charge is 0.484 e. The van der Waals surface area contributed by atoms with Crippen molar-refractivity contribution in [2.75, 3.05) is 6.61 Å². The number of benzene rings is 1. The van der Waals surface area contributed by atoms with Crippen LogP contribution in [0.3, 0.4) is 0 Å². The number of nitro groups is 1. The number of furan rings is 1. The number of nitrogens with two attached hydrogens (primary N) is 2. The number of amidine groups is 1. The molecule has 0 aliphatic carbocycles. The summed E-state index contributed by atoms with van der Waals surface area (Å²) in [5, 5.41) is 14.0. The van der Waals surface area contributed by atoms with Gasteiger partial charge in [-0.1, -0.05) is 5.16 Å². The lowest BCUT2D eigenvalue weighted by Crippen LogP contribution is -2.20. The van der Waals surface area contributed by atoms with Crippen molar-refractivity contribution in [2.24, 2.45) is 16.6 Å². The van der Waals surface area contributed by atoms with Crippen LogP contribution in [0.25, 0.3) is 6.08 Å². The topological polar surface area (TPSA) is 173 Å². The first-order valence-electron chi connectivity index (χ1n) is 7.33.